The number of benzene rings is 3. The van der Waals surface area contributed by atoms with Gasteiger partial charge in [-0.3, -0.25) is 24.0 Å². The number of hydrogen-bond acceptors (Lipinski definition) is 7. The van der Waals surface area contributed by atoms with E-state index in [1.165, 1.54) is 24.1 Å². The second-order valence-corrected chi connectivity index (χ2v) is 12.3. The van der Waals surface area contributed by atoms with E-state index in [-0.39, 0.29) is 42.0 Å². The van der Waals surface area contributed by atoms with E-state index in [2.05, 4.69) is 5.32 Å². The average molecular weight is 611 g/mol. The van der Waals surface area contributed by atoms with Crippen LogP contribution in [0.4, 0.5) is 11.4 Å². The molecular weight excluding hydrogens is 572 g/mol. The summed E-state index contributed by atoms with van der Waals surface area (Å²) in [7, 11) is -2.85. The first-order chi connectivity index (χ1) is 20.3. The number of hydrogen-bond donors (Lipinski definition) is 1. The van der Waals surface area contributed by atoms with Gasteiger partial charge in [0.2, 0.25) is 21.8 Å². The Balaban J connectivity index is 2.13. The summed E-state index contributed by atoms with van der Waals surface area (Å²) in [5.41, 5.74) is 1.98. The Morgan fingerprint density at radius 3 is 2.28 bits per heavy atom. The molecule has 0 aliphatic rings. The maximum Gasteiger partial charge on any atom is 0.271 e. The number of nitrogens with one attached hydrogen (secondary N) is 1. The zero-order chi connectivity index (χ0) is 31.7. The van der Waals surface area contributed by atoms with Gasteiger partial charge in [0, 0.05) is 31.1 Å². The van der Waals surface area contributed by atoms with E-state index in [1.807, 2.05) is 75.4 Å². The summed E-state index contributed by atoms with van der Waals surface area (Å²) >= 11 is 0. The molecular formula is C31H38N4O7S. The van der Waals surface area contributed by atoms with Gasteiger partial charge < -0.3 is 15.0 Å². The summed E-state index contributed by atoms with van der Waals surface area (Å²) < 4.78 is 32.2. The van der Waals surface area contributed by atoms with Crippen molar-refractivity contribution in [1.82, 2.24) is 10.2 Å². The molecule has 2 atom stereocenters. The van der Waals surface area contributed by atoms with E-state index in [4.69, 9.17) is 4.74 Å². The Morgan fingerprint density at radius 2 is 1.70 bits per heavy atom. The lowest BCUT2D eigenvalue weighted by molar-refractivity contribution is -0.384. The molecule has 3 aromatic carbocycles. The fourth-order valence-corrected chi connectivity index (χ4v) is 5.43. The molecule has 0 spiro atoms. The second kappa shape index (κ2) is 14.6. The number of carbonyl (C=O) groups excluding carboxylic acids is 2. The third-order valence-corrected chi connectivity index (χ3v) is 8.16. The van der Waals surface area contributed by atoms with E-state index < -0.39 is 33.4 Å². The summed E-state index contributed by atoms with van der Waals surface area (Å²) in [6, 6.07) is 19.1. The molecule has 3 rings (SSSR count). The van der Waals surface area contributed by atoms with Gasteiger partial charge in [-0.25, -0.2) is 8.42 Å². The predicted molar refractivity (Wildman–Crippen MR) is 165 cm³/mol. The monoisotopic (exact) mass is 610 g/mol. The molecule has 0 saturated heterocycles. The first-order valence-corrected chi connectivity index (χ1v) is 15.7. The Labute approximate surface area is 252 Å². The normalized spacial score (nSPS) is 12.6. The summed E-state index contributed by atoms with van der Waals surface area (Å²) in [6.07, 6.45) is 1.75. The van der Waals surface area contributed by atoms with Crippen molar-refractivity contribution in [3.63, 3.8) is 0 Å². The van der Waals surface area contributed by atoms with Crippen LogP contribution in [-0.4, -0.2) is 62.0 Å². The molecule has 0 fully saturated rings. The van der Waals surface area contributed by atoms with E-state index in [0.29, 0.717) is 6.42 Å². The van der Waals surface area contributed by atoms with Crippen LogP contribution in [0.1, 0.15) is 37.0 Å². The molecule has 0 radical (unpaired) electrons. The summed E-state index contributed by atoms with van der Waals surface area (Å²) in [5, 5.41) is 14.5. The lowest BCUT2D eigenvalue weighted by Crippen LogP contribution is -2.54. The van der Waals surface area contributed by atoms with Gasteiger partial charge >= 0.3 is 0 Å². The van der Waals surface area contributed by atoms with Crippen LogP contribution in [0.15, 0.2) is 72.8 Å². The number of carbonyl (C=O) groups is 2. The number of nitro benzene ring substituents is 1. The van der Waals surface area contributed by atoms with Gasteiger partial charge in [0.1, 0.15) is 24.0 Å². The smallest absolute Gasteiger partial charge is 0.271 e. The minimum absolute atomic E-state index is 0.0234. The third kappa shape index (κ3) is 9.02. The molecule has 2 amide bonds. The van der Waals surface area contributed by atoms with Gasteiger partial charge in [0.15, 0.2) is 0 Å². The molecule has 0 saturated carbocycles. The quantitative estimate of drug-likeness (QED) is 0.213. The Morgan fingerprint density at radius 1 is 1.02 bits per heavy atom. The highest BCUT2D eigenvalue weighted by molar-refractivity contribution is 7.92. The average Bonchev–Trinajstić information content (AvgIpc) is 2.97. The minimum atomic E-state index is -4.15. The van der Waals surface area contributed by atoms with Crippen molar-refractivity contribution in [3.8, 4) is 5.75 Å². The van der Waals surface area contributed by atoms with Crippen molar-refractivity contribution in [2.45, 2.75) is 52.2 Å². The fraction of sp³-hybridized carbons (Fsp3) is 0.355. The van der Waals surface area contributed by atoms with Crippen molar-refractivity contribution < 1.29 is 27.7 Å². The van der Waals surface area contributed by atoms with Crippen LogP contribution in [-0.2, 0) is 32.6 Å². The minimum Gasteiger partial charge on any atom is -0.495 e. The molecule has 0 heterocycles. The molecule has 11 nitrogen and oxygen atoms in total. The van der Waals surface area contributed by atoms with Crippen LogP contribution in [0.2, 0.25) is 0 Å². The highest BCUT2D eigenvalue weighted by Crippen LogP contribution is 2.34. The zero-order valence-corrected chi connectivity index (χ0v) is 25.8. The largest absolute Gasteiger partial charge is 0.495 e. The van der Waals surface area contributed by atoms with Gasteiger partial charge in [0.25, 0.3) is 5.69 Å². The van der Waals surface area contributed by atoms with Gasteiger partial charge in [-0.2, -0.15) is 0 Å². The first-order valence-electron chi connectivity index (χ1n) is 13.8. The Hall–Kier alpha value is -4.45. The first kappa shape index (κ1) is 33.1. The van der Waals surface area contributed by atoms with Crippen LogP contribution in [0.25, 0.3) is 0 Å². The number of non-ortho nitro benzene ring substituents is 1. The number of nitrogens with zero attached hydrogens (tertiary/aromatic N) is 3. The third-order valence-electron chi connectivity index (χ3n) is 7.03. The zero-order valence-electron chi connectivity index (χ0n) is 25.0. The highest BCUT2D eigenvalue weighted by Gasteiger charge is 2.34. The highest BCUT2D eigenvalue weighted by atomic mass is 32.2. The van der Waals surface area contributed by atoms with Crippen LogP contribution in [0.3, 0.4) is 0 Å². The SMILES string of the molecule is CCC(C)NC(=O)C(Cc1ccccc1)N(Cc1cccc(C)c1)C(=O)CN(c1cc([N+](=O)[O-])ccc1OC)S(C)(=O)=O. The van der Waals surface area contributed by atoms with E-state index in [9.17, 15) is 28.1 Å². The van der Waals surface area contributed by atoms with Gasteiger partial charge in [-0.05, 0) is 37.5 Å². The number of nitro groups is 1. The number of ether oxygens (including phenoxy) is 1. The Kier molecular flexibility index (Phi) is 11.2. The second-order valence-electron chi connectivity index (χ2n) is 10.4. The molecule has 230 valence electrons. The standard InChI is InChI=1S/C31H38N4O7S/c1-6-23(3)32-31(37)28(18-24-12-8-7-9-13-24)33(20-25-14-10-11-22(2)17-25)30(36)21-34(43(5,40)41)27-19-26(35(38)39)15-16-29(27)42-4/h7-17,19,23,28H,6,18,20-21H2,1-5H3,(H,32,37). The molecule has 3 aromatic rings. The van der Waals surface area contributed by atoms with Gasteiger partial charge in [0.05, 0.1) is 18.3 Å². The van der Waals surface area contributed by atoms with Crippen molar-refractivity contribution >= 4 is 33.2 Å². The van der Waals surface area contributed by atoms with E-state index >= 15 is 0 Å². The van der Waals surface area contributed by atoms with Crippen molar-refractivity contribution in [3.05, 3.63) is 99.6 Å². The predicted octanol–water partition coefficient (Wildman–Crippen LogP) is 4.23. The molecule has 0 aliphatic heterocycles. The summed E-state index contributed by atoms with van der Waals surface area (Å²) in [4.78, 5) is 40.2. The number of sulfonamides is 1. The molecule has 12 heteroatoms. The number of amides is 2. The molecule has 0 bridgehead atoms. The maximum atomic E-state index is 14.2. The van der Waals surface area contributed by atoms with E-state index in [0.717, 1.165) is 33.3 Å². The van der Waals surface area contributed by atoms with Crippen molar-refractivity contribution in [1.29, 1.82) is 0 Å². The van der Waals surface area contributed by atoms with Crippen LogP contribution < -0.4 is 14.4 Å². The number of aryl methyl sites for hydroxylation is 1. The number of rotatable bonds is 14. The van der Waals surface area contributed by atoms with E-state index in [1.54, 1.807) is 0 Å². The van der Waals surface area contributed by atoms with Gasteiger partial charge in [-0.1, -0.05) is 67.1 Å². The molecule has 0 aromatic heterocycles. The van der Waals surface area contributed by atoms with Crippen LogP contribution in [0, 0.1) is 17.0 Å². The van der Waals surface area contributed by atoms with Crippen molar-refractivity contribution in [2.75, 3.05) is 24.2 Å². The summed E-state index contributed by atoms with van der Waals surface area (Å²) in [5.74, 6) is -1.01. The maximum absolute atomic E-state index is 14.2. The number of methoxy groups -OCH3 is 1. The molecule has 1 N–H and O–H groups in total. The summed E-state index contributed by atoms with van der Waals surface area (Å²) in [6.45, 7) is 5.01. The fourth-order valence-electron chi connectivity index (χ4n) is 4.58. The van der Waals surface area contributed by atoms with Gasteiger partial charge in [-0.15, -0.1) is 0 Å². The van der Waals surface area contributed by atoms with Crippen molar-refractivity contribution in [2.24, 2.45) is 0 Å². The van der Waals surface area contributed by atoms with Crippen LogP contribution >= 0.6 is 0 Å². The molecule has 43 heavy (non-hydrogen) atoms. The molecule has 2 unspecified atom stereocenters. The lowest BCUT2D eigenvalue weighted by atomic mass is 10.0. The Bertz CT molecular complexity index is 1550. The topological polar surface area (TPSA) is 139 Å². The van der Waals surface area contributed by atoms with Crippen LogP contribution in [0.5, 0.6) is 5.75 Å². The number of anilines is 1. The molecule has 0 aliphatic carbocycles. The lowest BCUT2D eigenvalue weighted by Gasteiger charge is -2.34.